The van der Waals surface area contributed by atoms with Crippen molar-refractivity contribution in [1.82, 2.24) is 25.1 Å². The number of thioether (sulfide) groups is 1. The van der Waals surface area contributed by atoms with Gasteiger partial charge in [0.2, 0.25) is 5.91 Å². The quantitative estimate of drug-likeness (QED) is 0.717. The standard InChI is InChI=1S/C20H25N5O2S/c1-5-25-17(16-12-11-15(27-4)13-21-16)23-24-19(25)28-20(2,3)18(26)22-14-9-7-6-8-10-14/h6-7,9,11-13H,5,8,10H2,1-4H3,(H,22,26). The van der Waals surface area contributed by atoms with Crippen molar-refractivity contribution >= 4 is 17.7 Å². The van der Waals surface area contributed by atoms with Crippen molar-refractivity contribution in [3.8, 4) is 17.3 Å². The summed E-state index contributed by atoms with van der Waals surface area (Å²) in [4.78, 5) is 17.2. The van der Waals surface area contributed by atoms with E-state index in [-0.39, 0.29) is 5.91 Å². The number of pyridine rings is 1. The molecule has 0 atom stereocenters. The van der Waals surface area contributed by atoms with Crippen molar-refractivity contribution in [2.24, 2.45) is 0 Å². The fraction of sp³-hybridized carbons (Fsp3) is 0.400. The number of nitrogens with one attached hydrogen (secondary N) is 1. The second-order valence-corrected chi connectivity index (χ2v) is 8.45. The van der Waals surface area contributed by atoms with Gasteiger partial charge in [-0.05, 0) is 51.8 Å². The molecule has 1 amide bonds. The number of carbonyl (C=O) groups is 1. The first-order valence-corrected chi connectivity index (χ1v) is 10.1. The predicted octanol–water partition coefficient (Wildman–Crippen LogP) is 3.59. The first kappa shape index (κ1) is 20.1. The van der Waals surface area contributed by atoms with E-state index in [2.05, 4.69) is 26.6 Å². The fourth-order valence-corrected chi connectivity index (χ4v) is 3.76. The van der Waals surface area contributed by atoms with Crippen molar-refractivity contribution < 1.29 is 9.53 Å². The van der Waals surface area contributed by atoms with Crippen LogP contribution in [0.1, 0.15) is 33.6 Å². The highest BCUT2D eigenvalue weighted by molar-refractivity contribution is 8.01. The van der Waals surface area contributed by atoms with Gasteiger partial charge < -0.3 is 14.6 Å². The Morgan fingerprint density at radius 2 is 2.18 bits per heavy atom. The number of nitrogens with zero attached hydrogens (tertiary/aromatic N) is 4. The smallest absolute Gasteiger partial charge is 0.240 e. The molecule has 7 nitrogen and oxygen atoms in total. The first-order chi connectivity index (χ1) is 13.4. The van der Waals surface area contributed by atoms with E-state index in [1.165, 1.54) is 11.8 Å². The molecule has 0 aliphatic heterocycles. The summed E-state index contributed by atoms with van der Waals surface area (Å²) in [5.74, 6) is 1.31. The van der Waals surface area contributed by atoms with Gasteiger partial charge in [0.15, 0.2) is 11.0 Å². The summed E-state index contributed by atoms with van der Waals surface area (Å²) in [6, 6.07) is 3.69. The third kappa shape index (κ3) is 4.44. The van der Waals surface area contributed by atoms with Crippen LogP contribution in [0.4, 0.5) is 0 Å². The predicted molar refractivity (Wildman–Crippen MR) is 110 cm³/mol. The molecule has 0 bridgehead atoms. The number of methoxy groups -OCH3 is 1. The molecule has 0 aromatic carbocycles. The fourth-order valence-electron chi connectivity index (χ4n) is 2.75. The van der Waals surface area contributed by atoms with E-state index in [0.29, 0.717) is 29.0 Å². The van der Waals surface area contributed by atoms with Gasteiger partial charge in [0.1, 0.15) is 11.4 Å². The maximum atomic E-state index is 12.8. The van der Waals surface area contributed by atoms with Gasteiger partial charge in [-0.2, -0.15) is 0 Å². The molecule has 28 heavy (non-hydrogen) atoms. The second kappa shape index (κ2) is 8.60. The number of hydrogen-bond acceptors (Lipinski definition) is 6. The Bertz CT molecular complexity index is 900. The van der Waals surface area contributed by atoms with E-state index >= 15 is 0 Å². The van der Waals surface area contributed by atoms with Gasteiger partial charge in [0, 0.05) is 12.2 Å². The summed E-state index contributed by atoms with van der Waals surface area (Å²) in [6.07, 6.45) is 9.46. The van der Waals surface area contributed by atoms with Crippen LogP contribution in [0, 0.1) is 0 Å². The van der Waals surface area contributed by atoms with Crippen LogP contribution in [0.2, 0.25) is 0 Å². The number of aromatic nitrogens is 4. The normalized spacial score (nSPS) is 13.9. The number of carbonyl (C=O) groups excluding carboxylic acids is 1. The molecular weight excluding hydrogens is 374 g/mol. The van der Waals surface area contributed by atoms with Crippen LogP contribution in [0.5, 0.6) is 5.75 Å². The minimum atomic E-state index is -0.702. The van der Waals surface area contributed by atoms with Crippen LogP contribution >= 0.6 is 11.8 Å². The van der Waals surface area contributed by atoms with Crippen molar-refractivity contribution in [2.45, 2.75) is 50.1 Å². The molecule has 0 spiro atoms. The first-order valence-electron chi connectivity index (χ1n) is 9.24. The zero-order chi connectivity index (χ0) is 20.1. The van der Waals surface area contributed by atoms with Crippen LogP contribution in [0.25, 0.3) is 11.5 Å². The number of allylic oxidation sites excluding steroid dienone is 4. The van der Waals surface area contributed by atoms with Gasteiger partial charge in [0.05, 0.1) is 18.1 Å². The monoisotopic (exact) mass is 399 g/mol. The van der Waals surface area contributed by atoms with Gasteiger partial charge >= 0.3 is 0 Å². The van der Waals surface area contributed by atoms with Crippen LogP contribution < -0.4 is 10.1 Å². The van der Waals surface area contributed by atoms with E-state index in [1.54, 1.807) is 13.3 Å². The molecule has 0 saturated heterocycles. The molecular formula is C20H25N5O2S. The van der Waals surface area contributed by atoms with Gasteiger partial charge in [0.25, 0.3) is 0 Å². The Balaban J connectivity index is 1.79. The molecule has 0 unspecified atom stereocenters. The van der Waals surface area contributed by atoms with E-state index in [4.69, 9.17) is 4.74 Å². The molecule has 1 aliphatic carbocycles. The molecule has 1 aliphatic rings. The van der Waals surface area contributed by atoms with Crippen molar-refractivity contribution in [3.63, 3.8) is 0 Å². The molecule has 0 fully saturated rings. The number of ether oxygens (including phenoxy) is 1. The number of amides is 1. The summed E-state index contributed by atoms with van der Waals surface area (Å²) >= 11 is 1.40. The Hall–Kier alpha value is -2.61. The molecule has 8 heteroatoms. The number of hydrogen-bond donors (Lipinski definition) is 1. The average Bonchev–Trinajstić information content (AvgIpc) is 3.10. The zero-order valence-electron chi connectivity index (χ0n) is 16.6. The highest BCUT2D eigenvalue weighted by Crippen LogP contribution is 2.34. The van der Waals surface area contributed by atoms with Crippen LogP contribution in [0.15, 0.2) is 47.4 Å². The lowest BCUT2D eigenvalue weighted by Crippen LogP contribution is -2.39. The van der Waals surface area contributed by atoms with Gasteiger partial charge in [-0.3, -0.25) is 4.79 Å². The van der Waals surface area contributed by atoms with Crippen LogP contribution in [-0.2, 0) is 11.3 Å². The van der Waals surface area contributed by atoms with E-state index in [9.17, 15) is 4.79 Å². The minimum Gasteiger partial charge on any atom is -0.495 e. The summed E-state index contributed by atoms with van der Waals surface area (Å²) in [6.45, 7) is 6.48. The van der Waals surface area contributed by atoms with Crippen molar-refractivity contribution in [2.75, 3.05) is 7.11 Å². The Morgan fingerprint density at radius 1 is 1.36 bits per heavy atom. The third-order valence-electron chi connectivity index (χ3n) is 4.42. The number of rotatable bonds is 7. The van der Waals surface area contributed by atoms with E-state index in [1.807, 2.05) is 49.6 Å². The second-order valence-electron chi connectivity index (χ2n) is 6.86. The summed E-state index contributed by atoms with van der Waals surface area (Å²) in [5, 5.41) is 12.3. The molecule has 1 N–H and O–H groups in total. The van der Waals surface area contributed by atoms with E-state index < -0.39 is 4.75 Å². The molecule has 2 aromatic rings. The third-order valence-corrected chi connectivity index (χ3v) is 5.60. The van der Waals surface area contributed by atoms with Gasteiger partial charge in [-0.25, -0.2) is 4.98 Å². The summed E-state index contributed by atoms with van der Waals surface area (Å²) in [7, 11) is 1.60. The molecule has 0 saturated carbocycles. The molecule has 3 rings (SSSR count). The summed E-state index contributed by atoms with van der Waals surface area (Å²) in [5.41, 5.74) is 1.66. The SMILES string of the molecule is CCn1c(SC(C)(C)C(=O)NC2=CC=CCC2)nnc1-c1ccc(OC)cn1. The maximum Gasteiger partial charge on any atom is 0.240 e. The maximum absolute atomic E-state index is 12.8. The average molecular weight is 400 g/mol. The topological polar surface area (TPSA) is 81.9 Å². The minimum absolute atomic E-state index is 0.0474. The highest BCUT2D eigenvalue weighted by Gasteiger charge is 2.32. The largest absolute Gasteiger partial charge is 0.495 e. The van der Waals surface area contributed by atoms with Gasteiger partial charge in [-0.1, -0.05) is 23.9 Å². The molecule has 0 radical (unpaired) electrons. The Morgan fingerprint density at radius 3 is 2.79 bits per heavy atom. The van der Waals surface area contributed by atoms with Crippen LogP contribution in [-0.4, -0.2) is 37.5 Å². The van der Waals surface area contributed by atoms with E-state index in [0.717, 1.165) is 18.5 Å². The lowest BCUT2D eigenvalue weighted by molar-refractivity contribution is -0.122. The molecule has 148 valence electrons. The zero-order valence-corrected chi connectivity index (χ0v) is 17.4. The molecule has 2 aromatic heterocycles. The van der Waals surface area contributed by atoms with Crippen molar-refractivity contribution in [1.29, 1.82) is 0 Å². The van der Waals surface area contributed by atoms with Crippen molar-refractivity contribution in [3.05, 3.63) is 42.3 Å². The van der Waals surface area contributed by atoms with Gasteiger partial charge in [-0.15, -0.1) is 10.2 Å². The Kier molecular flexibility index (Phi) is 6.18. The van der Waals surface area contributed by atoms with Crippen LogP contribution in [0.3, 0.4) is 0 Å². The Labute approximate surface area is 169 Å². The summed E-state index contributed by atoms with van der Waals surface area (Å²) < 4.78 is 6.43. The lowest BCUT2D eigenvalue weighted by atomic mass is 10.1. The highest BCUT2D eigenvalue weighted by atomic mass is 32.2. The lowest BCUT2D eigenvalue weighted by Gasteiger charge is -2.24. The molecule has 2 heterocycles.